The van der Waals surface area contributed by atoms with Crippen molar-refractivity contribution in [3.05, 3.63) is 59.7 Å². The van der Waals surface area contributed by atoms with Gasteiger partial charge in [0.15, 0.2) is 5.78 Å². The van der Waals surface area contributed by atoms with Crippen LogP contribution in [0.2, 0.25) is 0 Å². The van der Waals surface area contributed by atoms with Crippen LogP contribution in [0.3, 0.4) is 0 Å². The number of rotatable bonds is 7. The highest BCUT2D eigenvalue weighted by atomic mass is 16.5. The van der Waals surface area contributed by atoms with Gasteiger partial charge in [0, 0.05) is 12.3 Å². The molecule has 0 bridgehead atoms. The number of ether oxygens (including phenoxy) is 1. The highest BCUT2D eigenvalue weighted by Crippen LogP contribution is 2.44. The fraction of sp³-hybridized carbons (Fsp3) is 0.286. The Labute approximate surface area is 157 Å². The first kappa shape index (κ1) is 18.6. The van der Waals surface area contributed by atoms with E-state index in [0.717, 1.165) is 22.3 Å². The fourth-order valence-corrected chi connectivity index (χ4v) is 3.43. The van der Waals surface area contributed by atoms with Crippen LogP contribution in [-0.4, -0.2) is 35.6 Å². The molecule has 1 aliphatic carbocycles. The van der Waals surface area contributed by atoms with Gasteiger partial charge in [0.1, 0.15) is 6.61 Å². The third-order valence-electron chi connectivity index (χ3n) is 4.77. The van der Waals surface area contributed by atoms with Crippen LogP contribution >= 0.6 is 0 Å². The Morgan fingerprint density at radius 3 is 2.11 bits per heavy atom. The third-order valence-corrected chi connectivity index (χ3v) is 4.77. The van der Waals surface area contributed by atoms with Crippen molar-refractivity contribution in [3.63, 3.8) is 0 Å². The van der Waals surface area contributed by atoms with Crippen molar-refractivity contribution in [2.45, 2.75) is 31.7 Å². The second-order valence-corrected chi connectivity index (χ2v) is 6.57. The van der Waals surface area contributed by atoms with E-state index < -0.39 is 18.1 Å². The number of hydrogen-bond acceptors (Lipinski definition) is 4. The van der Waals surface area contributed by atoms with Crippen molar-refractivity contribution in [1.82, 2.24) is 5.32 Å². The maximum Gasteiger partial charge on any atom is 0.407 e. The minimum absolute atomic E-state index is 0.0366. The quantitative estimate of drug-likeness (QED) is 0.783. The highest BCUT2D eigenvalue weighted by molar-refractivity contribution is 5.86. The summed E-state index contributed by atoms with van der Waals surface area (Å²) in [6, 6.07) is 15.1. The Morgan fingerprint density at radius 1 is 1.04 bits per heavy atom. The average Bonchev–Trinajstić information content (AvgIpc) is 2.97. The molecule has 140 valence electrons. The minimum Gasteiger partial charge on any atom is -0.481 e. The van der Waals surface area contributed by atoms with E-state index in [0.29, 0.717) is 0 Å². The van der Waals surface area contributed by atoms with Gasteiger partial charge in [0.2, 0.25) is 0 Å². The van der Waals surface area contributed by atoms with Crippen LogP contribution < -0.4 is 5.32 Å². The molecule has 0 radical (unpaired) electrons. The molecule has 0 aliphatic heterocycles. The Hall–Kier alpha value is -3.15. The van der Waals surface area contributed by atoms with Crippen molar-refractivity contribution in [3.8, 4) is 11.1 Å². The topological polar surface area (TPSA) is 92.7 Å². The molecule has 1 aliphatic rings. The second-order valence-electron chi connectivity index (χ2n) is 6.57. The standard InChI is InChI=1S/C21H21NO5/c1-13(23)19(10-11-20(24)25)22-21(26)27-12-18-16-8-4-2-6-14(16)15-7-3-5-9-17(15)18/h2-9,18-19H,10-12H2,1H3,(H,22,26)(H,24,25)/t19-/m0/s1. The summed E-state index contributed by atoms with van der Waals surface area (Å²) < 4.78 is 5.38. The molecule has 0 saturated carbocycles. The Balaban J connectivity index is 1.67. The lowest BCUT2D eigenvalue weighted by molar-refractivity contribution is -0.137. The van der Waals surface area contributed by atoms with E-state index in [2.05, 4.69) is 5.32 Å². The number of hydrogen-bond donors (Lipinski definition) is 2. The zero-order valence-corrected chi connectivity index (χ0v) is 15.0. The van der Waals surface area contributed by atoms with E-state index in [1.54, 1.807) is 0 Å². The number of carboxylic acid groups (broad SMARTS) is 1. The number of amides is 1. The van der Waals surface area contributed by atoms with Gasteiger partial charge in [-0.2, -0.15) is 0 Å². The van der Waals surface area contributed by atoms with Gasteiger partial charge in [0.25, 0.3) is 0 Å². The van der Waals surface area contributed by atoms with Crippen LogP contribution in [-0.2, 0) is 14.3 Å². The molecule has 0 fully saturated rings. The number of ketones is 1. The summed E-state index contributed by atoms with van der Waals surface area (Å²) in [6.45, 7) is 1.46. The van der Waals surface area contributed by atoms with E-state index >= 15 is 0 Å². The Morgan fingerprint density at radius 2 is 1.59 bits per heavy atom. The average molecular weight is 367 g/mol. The number of carboxylic acids is 1. The zero-order valence-electron chi connectivity index (χ0n) is 15.0. The van der Waals surface area contributed by atoms with E-state index in [4.69, 9.17) is 9.84 Å². The van der Waals surface area contributed by atoms with Gasteiger partial charge < -0.3 is 15.2 Å². The van der Waals surface area contributed by atoms with Crippen molar-refractivity contribution < 1.29 is 24.2 Å². The molecule has 3 rings (SSSR count). The van der Waals surface area contributed by atoms with Gasteiger partial charge in [-0.15, -0.1) is 0 Å². The lowest BCUT2D eigenvalue weighted by Crippen LogP contribution is -2.40. The molecule has 6 nitrogen and oxygen atoms in total. The molecule has 0 saturated heterocycles. The highest BCUT2D eigenvalue weighted by Gasteiger charge is 2.29. The summed E-state index contributed by atoms with van der Waals surface area (Å²) in [6.07, 6.45) is -0.884. The summed E-state index contributed by atoms with van der Waals surface area (Å²) in [5.41, 5.74) is 4.45. The van der Waals surface area contributed by atoms with Gasteiger partial charge in [-0.25, -0.2) is 4.79 Å². The van der Waals surface area contributed by atoms with Crippen molar-refractivity contribution in [2.24, 2.45) is 0 Å². The van der Waals surface area contributed by atoms with Gasteiger partial charge in [-0.05, 0) is 35.6 Å². The monoisotopic (exact) mass is 367 g/mol. The maximum atomic E-state index is 12.2. The molecular formula is C21H21NO5. The normalized spacial score (nSPS) is 13.4. The smallest absolute Gasteiger partial charge is 0.407 e. The SMILES string of the molecule is CC(=O)[C@H](CCC(=O)O)NC(=O)OCC1c2ccccc2-c2ccccc21. The molecule has 1 amide bonds. The van der Waals surface area contributed by atoms with Crippen LogP contribution in [0.4, 0.5) is 4.79 Å². The molecule has 27 heavy (non-hydrogen) atoms. The van der Waals surface area contributed by atoms with E-state index in [1.165, 1.54) is 6.92 Å². The lowest BCUT2D eigenvalue weighted by atomic mass is 9.98. The largest absolute Gasteiger partial charge is 0.481 e. The molecule has 0 heterocycles. The number of carbonyl (C=O) groups excluding carboxylic acids is 2. The van der Waals surface area contributed by atoms with Crippen LogP contribution in [0, 0.1) is 0 Å². The second kappa shape index (κ2) is 8.03. The summed E-state index contributed by atoms with van der Waals surface area (Å²) in [4.78, 5) is 34.5. The van der Waals surface area contributed by atoms with Gasteiger partial charge >= 0.3 is 12.1 Å². The van der Waals surface area contributed by atoms with Gasteiger partial charge in [0.05, 0.1) is 6.04 Å². The summed E-state index contributed by atoms with van der Waals surface area (Å²) >= 11 is 0. The molecule has 2 aromatic carbocycles. The summed E-state index contributed by atoms with van der Waals surface area (Å²) in [7, 11) is 0. The molecule has 1 atom stereocenters. The van der Waals surface area contributed by atoms with E-state index in [-0.39, 0.29) is 31.1 Å². The molecule has 0 aromatic heterocycles. The maximum absolute atomic E-state index is 12.2. The first-order chi connectivity index (χ1) is 13.0. The first-order valence-electron chi connectivity index (χ1n) is 8.81. The van der Waals surface area contributed by atoms with Gasteiger partial charge in [-0.1, -0.05) is 48.5 Å². The van der Waals surface area contributed by atoms with E-state index in [1.807, 2.05) is 48.5 Å². The predicted octanol–water partition coefficient (Wildman–Crippen LogP) is 3.35. The third kappa shape index (κ3) is 4.16. The van der Waals surface area contributed by atoms with Crippen LogP contribution in [0.1, 0.15) is 36.8 Å². The van der Waals surface area contributed by atoms with Crippen molar-refractivity contribution in [1.29, 1.82) is 0 Å². The molecule has 2 aromatic rings. The molecular weight excluding hydrogens is 346 g/mol. The van der Waals surface area contributed by atoms with Gasteiger partial charge in [-0.3, -0.25) is 9.59 Å². The zero-order chi connectivity index (χ0) is 19.4. The number of nitrogens with one attached hydrogen (secondary N) is 1. The van der Waals surface area contributed by atoms with Crippen LogP contribution in [0.15, 0.2) is 48.5 Å². The summed E-state index contributed by atoms with van der Waals surface area (Å²) in [5, 5.41) is 11.2. The first-order valence-corrected chi connectivity index (χ1v) is 8.81. The number of benzene rings is 2. The van der Waals surface area contributed by atoms with Crippen LogP contribution in [0.5, 0.6) is 0 Å². The molecule has 2 N–H and O–H groups in total. The predicted molar refractivity (Wildman–Crippen MR) is 99.5 cm³/mol. The van der Waals surface area contributed by atoms with Crippen LogP contribution in [0.25, 0.3) is 11.1 Å². The number of fused-ring (bicyclic) bond motifs is 3. The van der Waals surface area contributed by atoms with Crippen molar-refractivity contribution in [2.75, 3.05) is 6.61 Å². The van der Waals surface area contributed by atoms with E-state index in [9.17, 15) is 14.4 Å². The number of aliphatic carboxylic acids is 1. The molecule has 0 unspecified atom stereocenters. The van der Waals surface area contributed by atoms with Crippen molar-refractivity contribution >= 4 is 17.8 Å². The minimum atomic E-state index is -1.02. The Bertz CT molecular complexity index is 831. The molecule has 0 spiro atoms. The molecule has 6 heteroatoms. The number of carbonyl (C=O) groups is 3. The Kier molecular flexibility index (Phi) is 5.54. The number of Topliss-reactive ketones (excluding diaryl/α,β-unsaturated/α-hetero) is 1. The number of alkyl carbamates (subject to hydrolysis) is 1. The summed E-state index contributed by atoms with van der Waals surface area (Å²) in [5.74, 6) is -1.39. The lowest BCUT2D eigenvalue weighted by Gasteiger charge is -2.17. The fourth-order valence-electron chi connectivity index (χ4n) is 3.43.